The number of methoxy groups -OCH3 is 1. The molecule has 0 atom stereocenters. The number of aryl methyl sites for hydroxylation is 2. The number of carbonyl (C=O) groups is 2. The number of nitrogens with zero attached hydrogens (tertiary/aromatic N) is 1. The average molecular weight is 409 g/mol. The van der Waals surface area contributed by atoms with Crippen molar-refractivity contribution in [3.8, 4) is 0 Å². The van der Waals surface area contributed by atoms with Gasteiger partial charge in [-0.2, -0.15) is 0 Å². The summed E-state index contributed by atoms with van der Waals surface area (Å²) in [5.41, 5.74) is 4.27. The van der Waals surface area contributed by atoms with Crippen molar-refractivity contribution in [1.29, 1.82) is 0 Å². The summed E-state index contributed by atoms with van der Waals surface area (Å²) >= 11 is 0. The molecule has 0 aliphatic heterocycles. The Labute approximate surface area is 176 Å². The molecule has 1 heterocycles. The highest BCUT2D eigenvalue weighted by Crippen LogP contribution is 2.16. The van der Waals surface area contributed by atoms with E-state index >= 15 is 0 Å². The van der Waals surface area contributed by atoms with Crippen LogP contribution in [0.5, 0.6) is 0 Å². The van der Waals surface area contributed by atoms with E-state index in [1.54, 1.807) is 13.2 Å². The van der Waals surface area contributed by atoms with Gasteiger partial charge in [-0.1, -0.05) is 19.1 Å². The van der Waals surface area contributed by atoms with Crippen molar-refractivity contribution in [2.24, 2.45) is 0 Å². The molecule has 3 rings (SSSR count). The second kappa shape index (κ2) is 10.5. The van der Waals surface area contributed by atoms with Crippen LogP contribution in [0.2, 0.25) is 0 Å². The highest BCUT2D eigenvalue weighted by atomic mass is 16.5. The summed E-state index contributed by atoms with van der Waals surface area (Å²) in [5, 5.41) is 5.74. The maximum absolute atomic E-state index is 12.3. The molecule has 30 heavy (non-hydrogen) atoms. The Morgan fingerprint density at radius 1 is 1.10 bits per heavy atom. The molecule has 7 heteroatoms. The molecule has 2 amide bonds. The molecule has 0 saturated heterocycles. The number of anilines is 1. The normalized spacial score (nSPS) is 10.9. The molecule has 0 fully saturated rings. The molecular formula is C23H28N4O3. The molecule has 0 spiro atoms. The number of imidazole rings is 1. The summed E-state index contributed by atoms with van der Waals surface area (Å²) < 4.78 is 4.99. The van der Waals surface area contributed by atoms with Crippen LogP contribution in [0.15, 0.2) is 42.5 Å². The number of rotatable bonds is 10. The van der Waals surface area contributed by atoms with Crippen molar-refractivity contribution in [3.05, 3.63) is 59.4 Å². The fourth-order valence-electron chi connectivity index (χ4n) is 3.11. The van der Waals surface area contributed by atoms with Gasteiger partial charge in [-0.15, -0.1) is 0 Å². The zero-order valence-electron chi connectivity index (χ0n) is 17.5. The van der Waals surface area contributed by atoms with E-state index in [4.69, 9.17) is 4.74 Å². The third kappa shape index (κ3) is 5.90. The molecule has 158 valence electrons. The van der Waals surface area contributed by atoms with E-state index in [1.165, 1.54) is 5.56 Å². The van der Waals surface area contributed by atoms with E-state index in [0.717, 1.165) is 41.8 Å². The number of hydrogen-bond donors (Lipinski definition) is 3. The van der Waals surface area contributed by atoms with Gasteiger partial charge < -0.3 is 20.4 Å². The monoisotopic (exact) mass is 408 g/mol. The number of ether oxygens (including phenoxy) is 1. The maximum Gasteiger partial charge on any atom is 0.251 e. The van der Waals surface area contributed by atoms with E-state index in [9.17, 15) is 9.59 Å². The molecule has 0 radical (unpaired) electrons. The zero-order chi connectivity index (χ0) is 21.3. The standard InChI is InChI=1S/C23H28N4O3/c1-3-22(28)25-18-9-5-16(6-10-18)7-12-21-26-19-11-8-17(15-20(19)27-21)23(29)24-13-4-14-30-2/h5-6,8-11,15H,3-4,7,12-14H2,1-2H3,(H,24,29)(H,25,28)(H,26,27). The van der Waals surface area contributed by atoms with Crippen LogP contribution in [-0.2, 0) is 22.4 Å². The van der Waals surface area contributed by atoms with Crippen LogP contribution < -0.4 is 10.6 Å². The van der Waals surface area contributed by atoms with Crippen molar-refractivity contribution in [3.63, 3.8) is 0 Å². The third-order valence-corrected chi connectivity index (χ3v) is 4.81. The Hall–Kier alpha value is -3.19. The molecule has 0 aliphatic carbocycles. The van der Waals surface area contributed by atoms with Crippen LogP contribution in [0.25, 0.3) is 11.0 Å². The summed E-state index contributed by atoms with van der Waals surface area (Å²) in [6, 6.07) is 13.4. The third-order valence-electron chi connectivity index (χ3n) is 4.81. The molecule has 0 unspecified atom stereocenters. The average Bonchev–Trinajstić information content (AvgIpc) is 3.18. The lowest BCUT2D eigenvalue weighted by Crippen LogP contribution is -2.25. The molecule has 1 aromatic heterocycles. The number of amides is 2. The van der Waals surface area contributed by atoms with Gasteiger partial charge in [0.25, 0.3) is 5.91 Å². The lowest BCUT2D eigenvalue weighted by atomic mass is 10.1. The quantitative estimate of drug-likeness (QED) is 0.448. The Morgan fingerprint density at radius 2 is 1.90 bits per heavy atom. The lowest BCUT2D eigenvalue weighted by molar-refractivity contribution is -0.115. The van der Waals surface area contributed by atoms with Crippen LogP contribution >= 0.6 is 0 Å². The number of H-pyrrole nitrogens is 1. The van der Waals surface area contributed by atoms with Gasteiger partial charge in [0.1, 0.15) is 5.82 Å². The first kappa shape index (κ1) is 21.5. The Morgan fingerprint density at radius 3 is 2.63 bits per heavy atom. The molecule has 0 saturated carbocycles. The molecule has 0 aliphatic rings. The number of aromatic amines is 1. The fraction of sp³-hybridized carbons (Fsp3) is 0.348. The van der Waals surface area contributed by atoms with Crippen molar-refractivity contribution >= 4 is 28.5 Å². The second-order valence-corrected chi connectivity index (χ2v) is 7.12. The number of nitrogens with one attached hydrogen (secondary N) is 3. The minimum atomic E-state index is -0.104. The Bertz CT molecular complexity index is 995. The maximum atomic E-state index is 12.3. The van der Waals surface area contributed by atoms with E-state index in [1.807, 2.05) is 43.3 Å². The number of fused-ring (bicyclic) bond motifs is 1. The molecule has 0 bridgehead atoms. The predicted molar refractivity (Wildman–Crippen MR) is 118 cm³/mol. The lowest BCUT2D eigenvalue weighted by Gasteiger charge is -2.05. The van der Waals surface area contributed by atoms with Gasteiger partial charge in [0.05, 0.1) is 11.0 Å². The van der Waals surface area contributed by atoms with Gasteiger partial charge >= 0.3 is 0 Å². The van der Waals surface area contributed by atoms with Gasteiger partial charge in [0, 0.05) is 44.4 Å². The first-order valence-electron chi connectivity index (χ1n) is 10.2. The number of hydrogen-bond acceptors (Lipinski definition) is 4. The summed E-state index contributed by atoms with van der Waals surface area (Å²) in [7, 11) is 1.65. The fourth-order valence-corrected chi connectivity index (χ4v) is 3.11. The number of benzene rings is 2. The second-order valence-electron chi connectivity index (χ2n) is 7.12. The van der Waals surface area contributed by atoms with Crippen molar-refractivity contribution in [2.45, 2.75) is 32.6 Å². The Balaban J connectivity index is 1.58. The summed E-state index contributed by atoms with van der Waals surface area (Å²) in [5.74, 6) is 0.784. The van der Waals surface area contributed by atoms with Gasteiger partial charge in [-0.3, -0.25) is 9.59 Å². The molecule has 3 aromatic rings. The van der Waals surface area contributed by atoms with Crippen LogP contribution in [0.1, 0.15) is 41.5 Å². The largest absolute Gasteiger partial charge is 0.385 e. The highest BCUT2D eigenvalue weighted by Gasteiger charge is 2.09. The van der Waals surface area contributed by atoms with E-state index < -0.39 is 0 Å². The van der Waals surface area contributed by atoms with Crippen LogP contribution in [0.4, 0.5) is 5.69 Å². The molecular weight excluding hydrogens is 380 g/mol. The SMILES string of the molecule is CCC(=O)Nc1ccc(CCc2nc3cc(C(=O)NCCCOC)ccc3[nH]2)cc1. The van der Waals surface area contributed by atoms with Crippen molar-refractivity contribution in [1.82, 2.24) is 15.3 Å². The van der Waals surface area contributed by atoms with Gasteiger partial charge in [-0.05, 0) is 48.7 Å². The summed E-state index contributed by atoms with van der Waals surface area (Å²) in [6.45, 7) is 3.03. The smallest absolute Gasteiger partial charge is 0.251 e. The van der Waals surface area contributed by atoms with E-state index in [0.29, 0.717) is 25.1 Å². The summed E-state index contributed by atoms with van der Waals surface area (Å²) in [4.78, 5) is 31.7. The van der Waals surface area contributed by atoms with Crippen molar-refractivity contribution < 1.29 is 14.3 Å². The molecule has 3 N–H and O–H groups in total. The van der Waals surface area contributed by atoms with Gasteiger partial charge in [0.15, 0.2) is 0 Å². The van der Waals surface area contributed by atoms with Crippen LogP contribution in [0.3, 0.4) is 0 Å². The van der Waals surface area contributed by atoms with Gasteiger partial charge in [0.2, 0.25) is 5.91 Å². The summed E-state index contributed by atoms with van der Waals surface area (Å²) in [6.07, 6.45) is 2.83. The Kier molecular flexibility index (Phi) is 7.57. The minimum absolute atomic E-state index is 0.00746. The number of carbonyl (C=O) groups excluding carboxylic acids is 2. The number of aromatic nitrogens is 2. The first-order chi connectivity index (χ1) is 14.6. The first-order valence-corrected chi connectivity index (χ1v) is 10.2. The van der Waals surface area contributed by atoms with Gasteiger partial charge in [-0.25, -0.2) is 4.98 Å². The molecule has 7 nitrogen and oxygen atoms in total. The van der Waals surface area contributed by atoms with Crippen LogP contribution in [0, 0.1) is 0 Å². The van der Waals surface area contributed by atoms with Crippen molar-refractivity contribution in [2.75, 3.05) is 25.6 Å². The predicted octanol–water partition coefficient (Wildman–Crippen LogP) is 3.46. The van der Waals surface area contributed by atoms with Crippen LogP contribution in [-0.4, -0.2) is 42.0 Å². The van der Waals surface area contributed by atoms with E-state index in [-0.39, 0.29) is 11.8 Å². The molecule has 2 aromatic carbocycles. The zero-order valence-corrected chi connectivity index (χ0v) is 17.5. The highest BCUT2D eigenvalue weighted by molar-refractivity contribution is 5.97. The van der Waals surface area contributed by atoms with E-state index in [2.05, 4.69) is 20.6 Å². The topological polar surface area (TPSA) is 96.1 Å². The minimum Gasteiger partial charge on any atom is -0.385 e.